The van der Waals surface area contributed by atoms with E-state index in [1.807, 2.05) is 24.9 Å². The zero-order valence-electron chi connectivity index (χ0n) is 10.6. The SMILES string of the molecule is Cc1c(CNc2nc3ccc(F)cc3s2)cnn1C. The third-order valence-corrected chi connectivity index (χ3v) is 4.09. The summed E-state index contributed by atoms with van der Waals surface area (Å²) in [5.74, 6) is -0.231. The van der Waals surface area contributed by atoms with Gasteiger partial charge < -0.3 is 5.32 Å². The van der Waals surface area contributed by atoms with Crippen LogP contribution in [0, 0.1) is 12.7 Å². The van der Waals surface area contributed by atoms with Crippen molar-refractivity contribution in [2.75, 3.05) is 5.32 Å². The average molecular weight is 276 g/mol. The van der Waals surface area contributed by atoms with Crippen molar-refractivity contribution in [3.63, 3.8) is 0 Å². The van der Waals surface area contributed by atoms with Gasteiger partial charge in [0.2, 0.25) is 0 Å². The number of benzene rings is 1. The minimum Gasteiger partial charge on any atom is -0.357 e. The molecule has 98 valence electrons. The van der Waals surface area contributed by atoms with E-state index in [4.69, 9.17) is 0 Å². The van der Waals surface area contributed by atoms with Gasteiger partial charge in [-0.3, -0.25) is 4.68 Å². The van der Waals surface area contributed by atoms with Crippen LogP contribution in [-0.2, 0) is 13.6 Å². The first-order valence-electron chi connectivity index (χ1n) is 5.91. The van der Waals surface area contributed by atoms with Gasteiger partial charge in [0.15, 0.2) is 5.13 Å². The van der Waals surface area contributed by atoms with Gasteiger partial charge >= 0.3 is 0 Å². The molecule has 1 aromatic carbocycles. The summed E-state index contributed by atoms with van der Waals surface area (Å²) < 4.78 is 15.8. The number of hydrogen-bond acceptors (Lipinski definition) is 4. The molecule has 3 aromatic rings. The zero-order chi connectivity index (χ0) is 13.4. The van der Waals surface area contributed by atoms with Crippen LogP contribution in [0.15, 0.2) is 24.4 Å². The van der Waals surface area contributed by atoms with Crippen molar-refractivity contribution >= 4 is 26.7 Å². The molecule has 2 heterocycles. The second-order valence-electron chi connectivity index (χ2n) is 4.36. The molecule has 19 heavy (non-hydrogen) atoms. The van der Waals surface area contributed by atoms with Crippen LogP contribution in [0.5, 0.6) is 0 Å². The van der Waals surface area contributed by atoms with Crippen LogP contribution in [0.3, 0.4) is 0 Å². The van der Waals surface area contributed by atoms with Gasteiger partial charge in [-0.15, -0.1) is 0 Å². The van der Waals surface area contributed by atoms with Crippen molar-refractivity contribution in [2.24, 2.45) is 7.05 Å². The quantitative estimate of drug-likeness (QED) is 0.799. The predicted octanol–water partition coefficient (Wildman–Crippen LogP) is 3.09. The summed E-state index contributed by atoms with van der Waals surface area (Å²) in [4.78, 5) is 4.42. The largest absolute Gasteiger partial charge is 0.357 e. The molecule has 0 aliphatic rings. The lowest BCUT2D eigenvalue weighted by molar-refractivity contribution is 0.630. The second kappa shape index (κ2) is 4.62. The molecule has 4 nitrogen and oxygen atoms in total. The highest BCUT2D eigenvalue weighted by molar-refractivity contribution is 7.22. The summed E-state index contributed by atoms with van der Waals surface area (Å²) in [6, 6.07) is 4.63. The topological polar surface area (TPSA) is 42.7 Å². The molecule has 0 saturated carbocycles. The minimum absolute atomic E-state index is 0.231. The van der Waals surface area contributed by atoms with Gasteiger partial charge in [0.05, 0.1) is 16.4 Å². The molecular weight excluding hydrogens is 263 g/mol. The van der Waals surface area contributed by atoms with Crippen LogP contribution in [0.4, 0.5) is 9.52 Å². The predicted molar refractivity (Wildman–Crippen MR) is 74.8 cm³/mol. The Morgan fingerprint density at radius 2 is 2.26 bits per heavy atom. The van der Waals surface area contributed by atoms with Crippen molar-refractivity contribution in [3.05, 3.63) is 41.5 Å². The van der Waals surface area contributed by atoms with Crippen LogP contribution < -0.4 is 5.32 Å². The first kappa shape index (κ1) is 12.1. The maximum Gasteiger partial charge on any atom is 0.184 e. The lowest BCUT2D eigenvalue weighted by Crippen LogP contribution is -2.00. The zero-order valence-corrected chi connectivity index (χ0v) is 11.5. The molecule has 0 unspecified atom stereocenters. The van der Waals surface area contributed by atoms with Gasteiger partial charge in [0.1, 0.15) is 5.82 Å². The molecule has 6 heteroatoms. The van der Waals surface area contributed by atoms with Crippen LogP contribution in [0.1, 0.15) is 11.3 Å². The summed E-state index contributed by atoms with van der Waals surface area (Å²) in [7, 11) is 1.92. The maximum absolute atomic E-state index is 13.1. The maximum atomic E-state index is 13.1. The van der Waals surface area contributed by atoms with E-state index in [-0.39, 0.29) is 5.82 Å². The van der Waals surface area contributed by atoms with Gasteiger partial charge in [0.25, 0.3) is 0 Å². The number of fused-ring (bicyclic) bond motifs is 1. The summed E-state index contributed by atoms with van der Waals surface area (Å²) in [6.45, 7) is 2.69. The minimum atomic E-state index is -0.231. The van der Waals surface area contributed by atoms with Crippen LogP contribution in [0.25, 0.3) is 10.2 Å². The molecule has 0 amide bonds. The fourth-order valence-electron chi connectivity index (χ4n) is 1.86. The van der Waals surface area contributed by atoms with E-state index < -0.39 is 0 Å². The number of halogens is 1. The van der Waals surface area contributed by atoms with E-state index in [2.05, 4.69) is 15.4 Å². The molecule has 2 aromatic heterocycles. The molecular formula is C13H13FN4S. The Kier molecular flexibility index (Phi) is 2.94. The number of nitrogens with one attached hydrogen (secondary N) is 1. The summed E-state index contributed by atoms with van der Waals surface area (Å²) >= 11 is 1.45. The molecule has 0 radical (unpaired) electrons. The molecule has 0 saturated heterocycles. The first-order chi connectivity index (χ1) is 9.13. The Balaban J connectivity index is 1.80. The normalized spacial score (nSPS) is 11.1. The number of aryl methyl sites for hydroxylation is 1. The van der Waals surface area contributed by atoms with Crippen molar-refractivity contribution in [2.45, 2.75) is 13.5 Å². The van der Waals surface area contributed by atoms with E-state index in [0.29, 0.717) is 6.54 Å². The van der Waals surface area contributed by atoms with E-state index in [1.165, 1.54) is 23.5 Å². The Morgan fingerprint density at radius 1 is 1.42 bits per heavy atom. The van der Waals surface area contributed by atoms with Crippen molar-refractivity contribution in [3.8, 4) is 0 Å². The van der Waals surface area contributed by atoms with Crippen LogP contribution in [0.2, 0.25) is 0 Å². The molecule has 1 N–H and O–H groups in total. The summed E-state index contributed by atoms with van der Waals surface area (Å²) in [5.41, 5.74) is 3.07. The van der Waals surface area contributed by atoms with E-state index in [1.54, 1.807) is 6.07 Å². The van der Waals surface area contributed by atoms with E-state index >= 15 is 0 Å². The molecule has 0 spiro atoms. The lowest BCUT2D eigenvalue weighted by atomic mass is 10.2. The van der Waals surface area contributed by atoms with Gasteiger partial charge in [0, 0.05) is 24.8 Å². The highest BCUT2D eigenvalue weighted by Gasteiger charge is 2.07. The van der Waals surface area contributed by atoms with Crippen molar-refractivity contribution < 1.29 is 4.39 Å². The number of nitrogens with zero attached hydrogens (tertiary/aromatic N) is 3. The Bertz CT molecular complexity index is 731. The first-order valence-corrected chi connectivity index (χ1v) is 6.72. The number of anilines is 1. The Morgan fingerprint density at radius 3 is 3.00 bits per heavy atom. The summed E-state index contributed by atoms with van der Waals surface area (Å²) in [6.07, 6.45) is 1.84. The number of thiazole rings is 1. The monoisotopic (exact) mass is 276 g/mol. The van der Waals surface area contributed by atoms with Gasteiger partial charge in [-0.25, -0.2) is 9.37 Å². The van der Waals surface area contributed by atoms with Gasteiger partial charge in [-0.1, -0.05) is 11.3 Å². The van der Waals surface area contributed by atoms with E-state index in [9.17, 15) is 4.39 Å². The molecule has 0 aliphatic carbocycles. The number of hydrogen-bond donors (Lipinski definition) is 1. The van der Waals surface area contributed by atoms with Gasteiger partial charge in [-0.2, -0.15) is 5.10 Å². The fraction of sp³-hybridized carbons (Fsp3) is 0.231. The number of aromatic nitrogens is 3. The fourth-order valence-corrected chi connectivity index (χ4v) is 2.75. The Hall–Kier alpha value is -1.95. The van der Waals surface area contributed by atoms with Crippen LogP contribution >= 0.6 is 11.3 Å². The molecule has 0 bridgehead atoms. The molecule has 0 atom stereocenters. The lowest BCUT2D eigenvalue weighted by Gasteiger charge is -2.01. The van der Waals surface area contributed by atoms with E-state index in [0.717, 1.165) is 26.6 Å². The highest BCUT2D eigenvalue weighted by Crippen LogP contribution is 2.26. The van der Waals surface area contributed by atoms with Crippen molar-refractivity contribution in [1.29, 1.82) is 0 Å². The smallest absolute Gasteiger partial charge is 0.184 e. The molecule has 3 rings (SSSR count). The third-order valence-electron chi connectivity index (χ3n) is 3.12. The highest BCUT2D eigenvalue weighted by atomic mass is 32.1. The standard InChI is InChI=1S/C13H13FN4S/c1-8-9(7-16-18(8)2)6-15-13-17-11-4-3-10(14)5-12(11)19-13/h3-5,7H,6H2,1-2H3,(H,15,17). The van der Waals surface area contributed by atoms with Crippen LogP contribution in [-0.4, -0.2) is 14.8 Å². The summed E-state index contributed by atoms with van der Waals surface area (Å²) in [5, 5.41) is 8.24. The molecule has 0 fully saturated rings. The third kappa shape index (κ3) is 2.31. The Labute approximate surface area is 113 Å². The second-order valence-corrected chi connectivity index (χ2v) is 5.39. The van der Waals surface area contributed by atoms with Crippen molar-refractivity contribution in [1.82, 2.24) is 14.8 Å². The molecule has 0 aliphatic heterocycles. The average Bonchev–Trinajstić information content (AvgIpc) is 2.92. The van der Waals surface area contributed by atoms with Gasteiger partial charge in [-0.05, 0) is 25.1 Å². The number of rotatable bonds is 3.